The molecule has 212 valence electrons. The molecule has 3 aromatic rings. The average Bonchev–Trinajstić information content (AvgIpc) is 2.94. The van der Waals surface area contributed by atoms with Gasteiger partial charge in [-0.3, -0.25) is 0 Å². The van der Waals surface area contributed by atoms with E-state index >= 15 is 0 Å². The summed E-state index contributed by atoms with van der Waals surface area (Å²) >= 11 is 0. The number of piperazine rings is 1. The number of nitrogens with zero attached hydrogens (tertiary/aromatic N) is 5. The third kappa shape index (κ3) is 6.50. The van der Waals surface area contributed by atoms with Crippen LogP contribution in [0.4, 0.5) is 27.7 Å². The van der Waals surface area contributed by atoms with Gasteiger partial charge in [0.05, 0.1) is 12.2 Å². The van der Waals surface area contributed by atoms with Crippen molar-refractivity contribution in [2.45, 2.75) is 45.3 Å². The van der Waals surface area contributed by atoms with E-state index in [1.54, 1.807) is 4.90 Å². The number of hydrogen-bond donors (Lipinski definition) is 2. The van der Waals surface area contributed by atoms with Crippen LogP contribution in [0.15, 0.2) is 54.6 Å². The molecule has 0 spiro atoms. The van der Waals surface area contributed by atoms with E-state index in [9.17, 15) is 4.79 Å². The van der Waals surface area contributed by atoms with Crippen LogP contribution in [0.3, 0.4) is 0 Å². The minimum atomic E-state index is -0.482. The Morgan fingerprint density at radius 3 is 2.25 bits per heavy atom. The van der Waals surface area contributed by atoms with E-state index in [1.807, 2.05) is 51.1 Å². The molecular weight excluding hydrogens is 506 g/mol. The van der Waals surface area contributed by atoms with Gasteiger partial charge in [-0.15, -0.1) is 10.2 Å². The zero-order valence-corrected chi connectivity index (χ0v) is 23.5. The van der Waals surface area contributed by atoms with E-state index in [1.165, 1.54) is 0 Å². The number of carbonyl (C=O) groups excluding carboxylic acids is 1. The summed E-state index contributed by atoms with van der Waals surface area (Å²) in [5.74, 6) is 0.799. The number of piperidine rings is 1. The summed E-state index contributed by atoms with van der Waals surface area (Å²) in [6, 6.07) is 18.0. The smallest absolute Gasteiger partial charge is 0.410 e. The average molecular weight is 546 g/mol. The van der Waals surface area contributed by atoms with E-state index in [0.29, 0.717) is 30.2 Å². The first-order chi connectivity index (χ1) is 19.2. The lowest BCUT2D eigenvalue weighted by molar-refractivity contribution is 0.0240. The fourth-order valence-electron chi connectivity index (χ4n) is 5.14. The summed E-state index contributed by atoms with van der Waals surface area (Å²) < 4.78 is 11.9. The summed E-state index contributed by atoms with van der Waals surface area (Å²) in [4.78, 5) is 18.8. The number of para-hydroxylation sites is 1. The molecule has 0 aliphatic carbocycles. The lowest BCUT2D eigenvalue weighted by atomic mass is 10.1. The Kier molecular flexibility index (Phi) is 7.86. The molecule has 1 atom stereocenters. The maximum atomic E-state index is 12.4. The molecule has 2 saturated heterocycles. The Labute approximate surface area is 235 Å². The first-order valence-electron chi connectivity index (χ1n) is 13.9. The second kappa shape index (κ2) is 11.5. The van der Waals surface area contributed by atoms with Crippen LogP contribution in [0.1, 0.15) is 33.6 Å². The highest BCUT2D eigenvalue weighted by Gasteiger charge is 2.27. The van der Waals surface area contributed by atoms with Crippen LogP contribution >= 0.6 is 0 Å². The molecule has 3 heterocycles. The fraction of sp³-hybridized carbons (Fsp3) is 0.433. The highest BCUT2D eigenvalue weighted by Crippen LogP contribution is 2.31. The van der Waals surface area contributed by atoms with Gasteiger partial charge in [-0.05, 0) is 63.9 Å². The van der Waals surface area contributed by atoms with Crippen LogP contribution in [-0.4, -0.2) is 72.2 Å². The summed E-state index contributed by atoms with van der Waals surface area (Å²) in [5.41, 5.74) is 16.2. The van der Waals surface area contributed by atoms with Gasteiger partial charge in [-0.25, -0.2) is 4.79 Å². The minimum Gasteiger partial charge on any atom is -0.485 e. The Hall–Kier alpha value is -4.21. The lowest BCUT2D eigenvalue weighted by Crippen LogP contribution is -2.50. The van der Waals surface area contributed by atoms with Crippen LogP contribution in [-0.2, 0) is 4.74 Å². The van der Waals surface area contributed by atoms with Crippen molar-refractivity contribution in [1.29, 1.82) is 0 Å². The third-order valence-corrected chi connectivity index (χ3v) is 7.21. The topological polar surface area (TPSA) is 123 Å². The van der Waals surface area contributed by atoms with E-state index < -0.39 is 5.60 Å². The predicted octanol–water partition coefficient (Wildman–Crippen LogP) is 4.41. The number of rotatable bonds is 5. The number of anilines is 4. The molecule has 40 heavy (non-hydrogen) atoms. The van der Waals surface area contributed by atoms with Gasteiger partial charge in [0.1, 0.15) is 11.7 Å². The molecule has 1 unspecified atom stereocenters. The van der Waals surface area contributed by atoms with Gasteiger partial charge in [0.15, 0.2) is 11.6 Å². The molecule has 10 nitrogen and oxygen atoms in total. The van der Waals surface area contributed by atoms with Gasteiger partial charge >= 0.3 is 6.09 Å². The number of hydrogen-bond acceptors (Lipinski definition) is 9. The number of ether oxygens (including phenoxy) is 2. The number of nitrogen functional groups attached to an aromatic ring is 2. The van der Waals surface area contributed by atoms with Gasteiger partial charge in [-0.2, -0.15) is 0 Å². The van der Waals surface area contributed by atoms with E-state index in [0.717, 1.165) is 56.0 Å². The van der Waals surface area contributed by atoms with E-state index in [4.69, 9.17) is 20.9 Å². The number of aromatic nitrogens is 2. The van der Waals surface area contributed by atoms with Crippen molar-refractivity contribution in [3.8, 4) is 17.0 Å². The van der Waals surface area contributed by atoms with Gasteiger partial charge < -0.3 is 35.6 Å². The van der Waals surface area contributed by atoms with Crippen molar-refractivity contribution >= 4 is 29.0 Å². The van der Waals surface area contributed by atoms with Gasteiger partial charge in [-0.1, -0.05) is 18.2 Å². The van der Waals surface area contributed by atoms with Crippen molar-refractivity contribution in [3.05, 3.63) is 54.6 Å². The SMILES string of the molecule is CC(C)(C)OC(=O)N1CCN(c2ccc(N3CCCC(Oc4cc(-c5ccccc5N)nnc4N)C3)cc2)CC1. The molecule has 2 aromatic carbocycles. The first kappa shape index (κ1) is 27.4. The standard InChI is InChI=1S/C30H39N7O3/c1-30(2,3)40-29(38)36-17-15-35(16-18-36)21-10-12-22(13-11-21)37-14-6-7-23(20-37)39-27-19-26(33-34-28(27)32)24-8-4-5-9-25(24)31/h4-5,8-13,19,23H,6-7,14-18,20,31H2,1-3H3,(H2,32,34). The second-order valence-corrected chi connectivity index (χ2v) is 11.4. The van der Waals surface area contributed by atoms with Crippen molar-refractivity contribution in [2.75, 3.05) is 60.5 Å². The Morgan fingerprint density at radius 1 is 0.900 bits per heavy atom. The highest BCUT2D eigenvalue weighted by atomic mass is 16.6. The van der Waals surface area contributed by atoms with Gasteiger partial charge in [0.2, 0.25) is 0 Å². The molecule has 5 rings (SSSR count). The summed E-state index contributed by atoms with van der Waals surface area (Å²) in [6.45, 7) is 10.2. The second-order valence-electron chi connectivity index (χ2n) is 11.4. The maximum Gasteiger partial charge on any atom is 0.410 e. The van der Waals surface area contributed by atoms with E-state index in [2.05, 4.69) is 44.3 Å². The minimum absolute atomic E-state index is 0.0261. The molecule has 0 radical (unpaired) electrons. The van der Waals surface area contributed by atoms with Crippen molar-refractivity contribution in [3.63, 3.8) is 0 Å². The molecule has 4 N–H and O–H groups in total. The molecule has 2 aliphatic rings. The first-order valence-corrected chi connectivity index (χ1v) is 13.9. The summed E-state index contributed by atoms with van der Waals surface area (Å²) in [5, 5.41) is 8.35. The quantitative estimate of drug-likeness (QED) is 0.449. The predicted molar refractivity (Wildman–Crippen MR) is 159 cm³/mol. The normalized spacial score (nSPS) is 18.0. The van der Waals surface area contributed by atoms with E-state index in [-0.39, 0.29) is 18.0 Å². The van der Waals surface area contributed by atoms with Crippen LogP contribution in [0, 0.1) is 0 Å². The maximum absolute atomic E-state index is 12.4. The van der Waals surface area contributed by atoms with Crippen LogP contribution in [0.2, 0.25) is 0 Å². The number of benzene rings is 2. The summed E-state index contributed by atoms with van der Waals surface area (Å²) in [7, 11) is 0. The summed E-state index contributed by atoms with van der Waals surface area (Å²) in [6.07, 6.45) is 1.67. The number of carbonyl (C=O) groups is 1. The van der Waals surface area contributed by atoms with Crippen molar-refractivity contribution in [2.24, 2.45) is 0 Å². The van der Waals surface area contributed by atoms with Gasteiger partial charge in [0, 0.05) is 61.4 Å². The Bertz CT molecular complexity index is 1320. The molecule has 1 amide bonds. The molecule has 0 saturated carbocycles. The van der Waals surface area contributed by atoms with Crippen molar-refractivity contribution in [1.82, 2.24) is 15.1 Å². The number of nitrogens with two attached hydrogens (primary N) is 2. The van der Waals surface area contributed by atoms with Crippen LogP contribution in [0.5, 0.6) is 5.75 Å². The third-order valence-electron chi connectivity index (χ3n) is 7.21. The monoisotopic (exact) mass is 545 g/mol. The molecule has 2 fully saturated rings. The molecule has 0 bridgehead atoms. The Balaban J connectivity index is 1.19. The zero-order valence-electron chi connectivity index (χ0n) is 23.5. The molecular formula is C30H39N7O3. The van der Waals surface area contributed by atoms with Crippen LogP contribution in [0.25, 0.3) is 11.3 Å². The largest absolute Gasteiger partial charge is 0.485 e. The van der Waals surface area contributed by atoms with Crippen molar-refractivity contribution < 1.29 is 14.3 Å². The zero-order chi connectivity index (χ0) is 28.3. The fourth-order valence-corrected chi connectivity index (χ4v) is 5.14. The number of amides is 1. The molecule has 10 heteroatoms. The molecule has 1 aromatic heterocycles. The highest BCUT2D eigenvalue weighted by molar-refractivity contribution is 5.75. The van der Waals surface area contributed by atoms with Crippen LogP contribution < -0.4 is 26.0 Å². The lowest BCUT2D eigenvalue weighted by Gasteiger charge is -2.37. The van der Waals surface area contributed by atoms with Gasteiger partial charge in [0.25, 0.3) is 0 Å². The Morgan fingerprint density at radius 2 is 1.57 bits per heavy atom. The molecule has 2 aliphatic heterocycles.